The van der Waals surface area contributed by atoms with Crippen LogP contribution >= 0.6 is 12.4 Å². The van der Waals surface area contributed by atoms with E-state index in [0.717, 1.165) is 24.3 Å². The van der Waals surface area contributed by atoms with E-state index in [4.69, 9.17) is 0 Å². The van der Waals surface area contributed by atoms with Crippen molar-refractivity contribution in [2.45, 2.75) is 76.2 Å². The van der Waals surface area contributed by atoms with E-state index in [1.807, 2.05) is 0 Å². The highest BCUT2D eigenvalue weighted by molar-refractivity contribution is 5.85. The van der Waals surface area contributed by atoms with Crippen molar-refractivity contribution in [3.63, 3.8) is 0 Å². The topological polar surface area (TPSA) is 32.3 Å². The van der Waals surface area contributed by atoms with Gasteiger partial charge in [0.2, 0.25) is 5.91 Å². The summed E-state index contributed by atoms with van der Waals surface area (Å²) in [6.45, 7) is 0.862. The minimum atomic E-state index is 0. The predicted octanol–water partition coefficient (Wildman–Crippen LogP) is 4.01. The number of likely N-dealkylation sites (N-methyl/N-ethyl adjacent to an activating group) is 1. The van der Waals surface area contributed by atoms with Crippen LogP contribution in [0.2, 0.25) is 0 Å². The molecule has 0 heterocycles. The average molecular weight is 355 g/mol. The number of nitrogens with one attached hydrogen (secondary N) is 1. The molecule has 5 fully saturated rings. The molecular formula is C20H35ClN2O. The average Bonchev–Trinajstić information content (AvgIpc) is 2.52. The molecule has 0 unspecified atom stereocenters. The second-order valence-corrected chi connectivity index (χ2v) is 9.56. The van der Waals surface area contributed by atoms with Crippen LogP contribution < -0.4 is 5.32 Å². The third-order valence-electron chi connectivity index (χ3n) is 7.83. The van der Waals surface area contributed by atoms with Crippen molar-refractivity contribution in [2.75, 3.05) is 20.6 Å². The SMILES string of the molecule is CN(C)C1(CNC(=O)C23CC4CC(CC(C4)C2)C3)CCCCC1.Cl. The Morgan fingerprint density at radius 1 is 0.958 bits per heavy atom. The first-order valence-electron chi connectivity index (χ1n) is 9.97. The van der Waals surface area contributed by atoms with Crippen LogP contribution in [0, 0.1) is 23.2 Å². The van der Waals surface area contributed by atoms with Gasteiger partial charge >= 0.3 is 0 Å². The maximum Gasteiger partial charge on any atom is 0.226 e. The van der Waals surface area contributed by atoms with Crippen LogP contribution in [0.4, 0.5) is 0 Å². The summed E-state index contributed by atoms with van der Waals surface area (Å²) in [7, 11) is 4.39. The lowest BCUT2D eigenvalue weighted by Gasteiger charge is -2.56. The van der Waals surface area contributed by atoms with Crippen LogP contribution in [0.1, 0.15) is 70.6 Å². The quantitative estimate of drug-likeness (QED) is 0.827. The monoisotopic (exact) mass is 354 g/mol. The molecule has 0 saturated heterocycles. The zero-order chi connectivity index (χ0) is 16.1. The van der Waals surface area contributed by atoms with Crippen LogP contribution in [0.5, 0.6) is 0 Å². The van der Waals surface area contributed by atoms with Crippen molar-refractivity contribution in [2.24, 2.45) is 23.2 Å². The Balaban J connectivity index is 0.00000169. The number of hydrogen-bond donors (Lipinski definition) is 1. The highest BCUT2D eigenvalue weighted by Gasteiger charge is 2.54. The van der Waals surface area contributed by atoms with Crippen LogP contribution in [0.25, 0.3) is 0 Å². The molecule has 0 radical (unpaired) electrons. The molecule has 5 aliphatic rings. The molecule has 4 heteroatoms. The maximum atomic E-state index is 13.2. The molecule has 3 nitrogen and oxygen atoms in total. The molecule has 5 saturated carbocycles. The fraction of sp³-hybridized carbons (Fsp3) is 0.950. The van der Waals surface area contributed by atoms with Crippen LogP contribution in [0.15, 0.2) is 0 Å². The molecule has 24 heavy (non-hydrogen) atoms. The van der Waals surface area contributed by atoms with Gasteiger partial charge in [0.1, 0.15) is 0 Å². The zero-order valence-electron chi connectivity index (χ0n) is 15.5. The molecule has 138 valence electrons. The van der Waals surface area contributed by atoms with Gasteiger partial charge in [-0.3, -0.25) is 4.79 Å². The lowest BCUT2D eigenvalue weighted by molar-refractivity contribution is -0.147. The summed E-state index contributed by atoms with van der Waals surface area (Å²) < 4.78 is 0. The lowest BCUT2D eigenvalue weighted by Crippen LogP contribution is -2.58. The van der Waals surface area contributed by atoms with Gasteiger partial charge in [-0.2, -0.15) is 0 Å². The van der Waals surface area contributed by atoms with Crippen molar-refractivity contribution in [3.05, 3.63) is 0 Å². The minimum Gasteiger partial charge on any atom is -0.354 e. The van der Waals surface area contributed by atoms with Crippen molar-refractivity contribution < 1.29 is 4.79 Å². The number of carbonyl (C=O) groups is 1. The highest BCUT2D eigenvalue weighted by Crippen LogP contribution is 2.60. The van der Waals surface area contributed by atoms with Crippen molar-refractivity contribution in [1.82, 2.24) is 10.2 Å². The Morgan fingerprint density at radius 3 is 1.92 bits per heavy atom. The molecule has 5 rings (SSSR count). The van der Waals surface area contributed by atoms with E-state index < -0.39 is 0 Å². The number of hydrogen-bond acceptors (Lipinski definition) is 2. The Bertz CT molecular complexity index is 435. The van der Waals surface area contributed by atoms with E-state index >= 15 is 0 Å². The fourth-order valence-corrected chi connectivity index (χ4v) is 6.81. The Labute approximate surface area is 153 Å². The number of amides is 1. The van der Waals surface area contributed by atoms with Crippen molar-refractivity contribution >= 4 is 18.3 Å². The maximum absolute atomic E-state index is 13.2. The molecule has 0 aliphatic heterocycles. The van der Waals surface area contributed by atoms with Gasteiger partial charge in [0, 0.05) is 17.5 Å². The summed E-state index contributed by atoms with van der Waals surface area (Å²) in [6.07, 6.45) is 14.2. The van der Waals surface area contributed by atoms with Crippen LogP contribution in [-0.4, -0.2) is 37.0 Å². The zero-order valence-corrected chi connectivity index (χ0v) is 16.3. The largest absolute Gasteiger partial charge is 0.354 e. The Morgan fingerprint density at radius 2 is 1.46 bits per heavy atom. The number of nitrogens with zero attached hydrogens (tertiary/aromatic N) is 1. The first-order chi connectivity index (χ1) is 11.0. The summed E-state index contributed by atoms with van der Waals surface area (Å²) in [5.41, 5.74) is 0.215. The standard InChI is InChI=1S/C20H34N2O.ClH/c1-22(2)20(6-4-3-5-7-20)14-21-18(23)19-11-15-8-16(12-19)10-17(9-15)13-19;/h15-17H,3-14H2,1-2H3,(H,21,23);1H. The van der Waals surface area contributed by atoms with Crippen molar-refractivity contribution in [1.29, 1.82) is 0 Å². The highest BCUT2D eigenvalue weighted by atomic mass is 35.5. The van der Waals surface area contributed by atoms with Crippen molar-refractivity contribution in [3.8, 4) is 0 Å². The number of carbonyl (C=O) groups excluding carboxylic acids is 1. The van der Waals surface area contributed by atoms with Gasteiger partial charge < -0.3 is 10.2 Å². The van der Waals surface area contributed by atoms with E-state index in [1.54, 1.807) is 0 Å². The first kappa shape index (κ1) is 18.5. The molecule has 5 aliphatic carbocycles. The minimum absolute atomic E-state index is 0. The molecule has 0 spiro atoms. The number of halogens is 1. The fourth-order valence-electron chi connectivity index (χ4n) is 6.81. The van der Waals surface area contributed by atoms with E-state index in [-0.39, 0.29) is 23.4 Å². The van der Waals surface area contributed by atoms with Gasteiger partial charge in [0.15, 0.2) is 0 Å². The summed E-state index contributed by atoms with van der Waals surface area (Å²) in [6, 6.07) is 0. The van der Waals surface area contributed by atoms with E-state index in [2.05, 4.69) is 24.3 Å². The summed E-state index contributed by atoms with van der Waals surface area (Å²) in [4.78, 5) is 15.6. The molecule has 0 aromatic heterocycles. The van der Waals surface area contributed by atoms with Crippen LogP contribution in [0.3, 0.4) is 0 Å². The second-order valence-electron chi connectivity index (χ2n) is 9.56. The van der Waals surface area contributed by atoms with Gasteiger partial charge in [-0.15, -0.1) is 12.4 Å². The molecule has 4 bridgehead atoms. The molecule has 1 amide bonds. The van der Waals surface area contributed by atoms with Gasteiger partial charge in [0.05, 0.1) is 0 Å². The van der Waals surface area contributed by atoms with Gasteiger partial charge in [-0.05, 0) is 83.2 Å². The molecule has 1 N–H and O–H groups in total. The number of rotatable bonds is 4. The molecule has 0 aromatic carbocycles. The first-order valence-corrected chi connectivity index (χ1v) is 9.97. The predicted molar refractivity (Wildman–Crippen MR) is 100 cm³/mol. The smallest absolute Gasteiger partial charge is 0.226 e. The Kier molecular flexibility index (Phi) is 5.24. The summed E-state index contributed by atoms with van der Waals surface area (Å²) in [5, 5.41) is 3.45. The van der Waals surface area contributed by atoms with Gasteiger partial charge in [0.25, 0.3) is 0 Å². The molecule has 0 aromatic rings. The lowest BCUT2D eigenvalue weighted by atomic mass is 9.49. The van der Waals surface area contributed by atoms with Crippen LogP contribution in [-0.2, 0) is 4.79 Å². The van der Waals surface area contributed by atoms with E-state index in [9.17, 15) is 4.79 Å². The summed E-state index contributed by atoms with van der Waals surface area (Å²) in [5.74, 6) is 2.96. The van der Waals surface area contributed by atoms with Gasteiger partial charge in [-0.1, -0.05) is 19.3 Å². The molecular weight excluding hydrogens is 320 g/mol. The normalized spacial score (nSPS) is 39.5. The summed E-state index contributed by atoms with van der Waals surface area (Å²) >= 11 is 0. The third kappa shape index (κ3) is 3.11. The van der Waals surface area contributed by atoms with Gasteiger partial charge in [-0.25, -0.2) is 0 Å². The second kappa shape index (κ2) is 6.79. The third-order valence-corrected chi connectivity index (χ3v) is 7.83. The molecule has 0 atom stereocenters. The Hall–Kier alpha value is -0.280. The van der Waals surface area contributed by atoms with E-state index in [1.165, 1.54) is 70.6 Å². The van der Waals surface area contributed by atoms with E-state index in [0.29, 0.717) is 5.91 Å².